The van der Waals surface area contributed by atoms with Gasteiger partial charge in [-0.3, -0.25) is 9.36 Å². The molecule has 0 bridgehead atoms. The molecule has 20 heavy (non-hydrogen) atoms. The Labute approximate surface area is 115 Å². The number of halogens is 1. The second-order valence-electron chi connectivity index (χ2n) is 4.28. The first-order valence-corrected chi connectivity index (χ1v) is 6.15. The van der Waals surface area contributed by atoms with Gasteiger partial charge < -0.3 is 0 Å². The van der Waals surface area contributed by atoms with Gasteiger partial charge in [0.05, 0.1) is 5.69 Å². The highest BCUT2D eigenvalue weighted by molar-refractivity contribution is 5.61. The summed E-state index contributed by atoms with van der Waals surface area (Å²) < 4.78 is 14.5. The van der Waals surface area contributed by atoms with Crippen molar-refractivity contribution >= 4 is 0 Å². The molecular formula is C16H11FN2O. The van der Waals surface area contributed by atoms with Crippen LogP contribution in [0.15, 0.2) is 71.7 Å². The van der Waals surface area contributed by atoms with Crippen molar-refractivity contribution in [3.63, 3.8) is 0 Å². The smallest absolute Gasteiger partial charge is 0.256 e. The van der Waals surface area contributed by atoms with Gasteiger partial charge in [0.15, 0.2) is 0 Å². The average molecular weight is 266 g/mol. The van der Waals surface area contributed by atoms with Gasteiger partial charge in [0, 0.05) is 12.3 Å². The van der Waals surface area contributed by atoms with Gasteiger partial charge in [-0.2, -0.15) is 0 Å². The topological polar surface area (TPSA) is 34.9 Å². The Morgan fingerprint density at radius 3 is 2.40 bits per heavy atom. The maximum Gasteiger partial charge on any atom is 0.256 e. The molecule has 0 saturated heterocycles. The first-order valence-electron chi connectivity index (χ1n) is 6.15. The average Bonchev–Trinajstić information content (AvgIpc) is 2.49. The van der Waals surface area contributed by atoms with E-state index in [0.717, 1.165) is 5.56 Å². The summed E-state index contributed by atoms with van der Waals surface area (Å²) in [6.45, 7) is 0. The fraction of sp³-hybridized carbons (Fsp3) is 0. The number of pyridine rings is 2. The van der Waals surface area contributed by atoms with Crippen LogP contribution in [-0.4, -0.2) is 9.55 Å². The predicted octanol–water partition coefficient (Wildman–Crippen LogP) is 3.04. The molecule has 3 rings (SSSR count). The summed E-state index contributed by atoms with van der Waals surface area (Å²) in [4.78, 5) is 16.3. The van der Waals surface area contributed by atoms with Crippen LogP contribution in [0.3, 0.4) is 0 Å². The summed E-state index contributed by atoms with van der Waals surface area (Å²) in [5, 5.41) is 0. The van der Waals surface area contributed by atoms with Crippen molar-refractivity contribution in [2.75, 3.05) is 0 Å². The minimum Gasteiger partial charge on any atom is -0.269 e. The molecule has 0 atom stereocenters. The highest BCUT2D eigenvalue weighted by Crippen LogP contribution is 2.20. The fourth-order valence-electron chi connectivity index (χ4n) is 2.06. The van der Waals surface area contributed by atoms with E-state index in [-0.39, 0.29) is 11.4 Å². The van der Waals surface area contributed by atoms with Gasteiger partial charge in [0.25, 0.3) is 5.56 Å². The lowest BCUT2D eigenvalue weighted by Crippen LogP contribution is -2.19. The Balaban J connectivity index is 2.25. The molecule has 0 saturated carbocycles. The molecule has 0 fully saturated rings. The normalized spacial score (nSPS) is 10.4. The number of aromatic nitrogens is 2. The third-order valence-corrected chi connectivity index (χ3v) is 2.97. The number of hydrogen-bond donors (Lipinski definition) is 0. The molecule has 0 unspecified atom stereocenters. The summed E-state index contributed by atoms with van der Waals surface area (Å²) >= 11 is 0. The number of rotatable bonds is 2. The van der Waals surface area contributed by atoms with E-state index in [9.17, 15) is 9.18 Å². The molecule has 4 heteroatoms. The second-order valence-corrected chi connectivity index (χ2v) is 4.28. The van der Waals surface area contributed by atoms with Crippen LogP contribution in [0.2, 0.25) is 0 Å². The molecule has 0 aliphatic heterocycles. The molecule has 0 spiro atoms. The molecule has 1 aromatic carbocycles. The first kappa shape index (κ1) is 12.3. The van der Waals surface area contributed by atoms with Gasteiger partial charge in [-0.15, -0.1) is 0 Å². The predicted molar refractivity (Wildman–Crippen MR) is 75.2 cm³/mol. The van der Waals surface area contributed by atoms with Gasteiger partial charge in [-0.25, -0.2) is 9.37 Å². The SMILES string of the molecule is O=c1cccc(-c2ccc(F)cc2)n1-c1ccccn1. The second kappa shape index (κ2) is 5.09. The van der Waals surface area contributed by atoms with E-state index >= 15 is 0 Å². The Morgan fingerprint density at radius 1 is 0.900 bits per heavy atom. The largest absolute Gasteiger partial charge is 0.269 e. The lowest BCUT2D eigenvalue weighted by Gasteiger charge is -2.11. The van der Waals surface area contributed by atoms with Crippen molar-refractivity contribution in [3.8, 4) is 17.1 Å². The highest BCUT2D eigenvalue weighted by Gasteiger charge is 2.08. The molecule has 3 aromatic rings. The third kappa shape index (κ3) is 2.23. The minimum atomic E-state index is -0.309. The van der Waals surface area contributed by atoms with Crippen molar-refractivity contribution < 1.29 is 4.39 Å². The van der Waals surface area contributed by atoms with E-state index < -0.39 is 0 Å². The van der Waals surface area contributed by atoms with Crippen LogP contribution in [0.5, 0.6) is 0 Å². The standard InChI is InChI=1S/C16H11FN2O/c17-13-9-7-12(8-10-13)14-4-3-6-16(20)19(14)15-5-1-2-11-18-15/h1-11H. The van der Waals surface area contributed by atoms with E-state index in [1.165, 1.54) is 22.8 Å². The van der Waals surface area contributed by atoms with Gasteiger partial charge in [-0.05, 0) is 48.0 Å². The zero-order valence-electron chi connectivity index (χ0n) is 10.5. The highest BCUT2D eigenvalue weighted by atomic mass is 19.1. The lowest BCUT2D eigenvalue weighted by atomic mass is 10.1. The van der Waals surface area contributed by atoms with E-state index in [2.05, 4.69) is 4.98 Å². The maximum absolute atomic E-state index is 13.0. The maximum atomic E-state index is 13.0. The monoisotopic (exact) mass is 266 g/mol. The van der Waals surface area contributed by atoms with Crippen LogP contribution in [0.25, 0.3) is 17.1 Å². The summed E-state index contributed by atoms with van der Waals surface area (Å²) in [5.41, 5.74) is 1.26. The lowest BCUT2D eigenvalue weighted by molar-refractivity contribution is 0.628. The Kier molecular flexibility index (Phi) is 3.13. The Bertz CT molecular complexity index is 780. The fourth-order valence-corrected chi connectivity index (χ4v) is 2.06. The summed E-state index contributed by atoms with van der Waals surface area (Å²) in [6.07, 6.45) is 1.63. The number of hydrogen-bond acceptors (Lipinski definition) is 2. The van der Waals surface area contributed by atoms with Crippen molar-refractivity contribution in [1.82, 2.24) is 9.55 Å². The minimum absolute atomic E-state index is 0.175. The molecular weight excluding hydrogens is 255 g/mol. The van der Waals surface area contributed by atoms with E-state index in [4.69, 9.17) is 0 Å². The summed E-state index contributed by atoms with van der Waals surface area (Å²) in [7, 11) is 0. The molecule has 0 aliphatic carbocycles. The van der Waals surface area contributed by atoms with E-state index in [0.29, 0.717) is 11.5 Å². The summed E-state index contributed by atoms with van der Waals surface area (Å²) in [5.74, 6) is 0.230. The molecule has 0 N–H and O–H groups in total. The van der Waals surface area contributed by atoms with Crippen molar-refractivity contribution in [2.24, 2.45) is 0 Å². The van der Waals surface area contributed by atoms with Gasteiger partial charge in [0.1, 0.15) is 11.6 Å². The number of benzene rings is 1. The zero-order valence-corrected chi connectivity index (χ0v) is 10.5. The molecule has 0 amide bonds. The molecule has 2 heterocycles. The van der Waals surface area contributed by atoms with Crippen LogP contribution in [0, 0.1) is 5.82 Å². The van der Waals surface area contributed by atoms with Gasteiger partial charge in [0.2, 0.25) is 0 Å². The van der Waals surface area contributed by atoms with Crippen LogP contribution >= 0.6 is 0 Å². The van der Waals surface area contributed by atoms with Gasteiger partial charge >= 0.3 is 0 Å². The molecule has 98 valence electrons. The number of nitrogens with zero attached hydrogens (tertiary/aromatic N) is 2. The van der Waals surface area contributed by atoms with Crippen molar-refractivity contribution in [3.05, 3.63) is 83.0 Å². The Hall–Kier alpha value is -2.75. The molecule has 0 aliphatic rings. The Morgan fingerprint density at radius 2 is 1.70 bits per heavy atom. The zero-order chi connectivity index (χ0) is 13.9. The van der Waals surface area contributed by atoms with Crippen molar-refractivity contribution in [2.45, 2.75) is 0 Å². The third-order valence-electron chi connectivity index (χ3n) is 2.97. The summed E-state index contributed by atoms with van der Waals surface area (Å²) in [6, 6.07) is 16.4. The molecule has 2 aromatic heterocycles. The van der Waals surface area contributed by atoms with Crippen LogP contribution in [0.1, 0.15) is 0 Å². The van der Waals surface area contributed by atoms with Crippen LogP contribution < -0.4 is 5.56 Å². The van der Waals surface area contributed by atoms with Crippen molar-refractivity contribution in [1.29, 1.82) is 0 Å². The van der Waals surface area contributed by atoms with E-state index in [1.54, 1.807) is 36.5 Å². The van der Waals surface area contributed by atoms with Crippen LogP contribution in [-0.2, 0) is 0 Å². The van der Waals surface area contributed by atoms with Crippen LogP contribution in [0.4, 0.5) is 4.39 Å². The molecule has 3 nitrogen and oxygen atoms in total. The first-order chi connectivity index (χ1) is 9.75. The van der Waals surface area contributed by atoms with Gasteiger partial charge in [-0.1, -0.05) is 12.1 Å². The van der Waals surface area contributed by atoms with E-state index in [1.807, 2.05) is 12.1 Å². The molecule has 0 radical (unpaired) electrons. The quantitative estimate of drug-likeness (QED) is 0.714.